The number of carbonyl (C=O) groups excluding carboxylic acids is 2. The highest BCUT2D eigenvalue weighted by atomic mass is 19.4. The van der Waals surface area contributed by atoms with Crippen LogP contribution in [0.15, 0.2) is 48.5 Å². The lowest BCUT2D eigenvalue weighted by Gasteiger charge is -2.23. The van der Waals surface area contributed by atoms with Crippen molar-refractivity contribution in [1.29, 1.82) is 0 Å². The first kappa shape index (κ1) is 22.6. The molecule has 10 heteroatoms. The van der Waals surface area contributed by atoms with E-state index in [1.54, 1.807) is 0 Å². The van der Waals surface area contributed by atoms with Crippen LogP contribution in [0, 0.1) is 0 Å². The van der Waals surface area contributed by atoms with Crippen molar-refractivity contribution in [1.82, 2.24) is 9.80 Å². The Kier molecular flexibility index (Phi) is 6.28. The van der Waals surface area contributed by atoms with E-state index in [2.05, 4.69) is 0 Å². The van der Waals surface area contributed by atoms with Crippen molar-refractivity contribution < 1.29 is 35.9 Å². The van der Waals surface area contributed by atoms with Crippen molar-refractivity contribution in [3.8, 4) is 0 Å². The van der Waals surface area contributed by atoms with Gasteiger partial charge < -0.3 is 9.80 Å². The molecular weight excluding hydrogens is 426 g/mol. The largest absolute Gasteiger partial charge is 0.417 e. The van der Waals surface area contributed by atoms with Crippen LogP contribution in [-0.4, -0.2) is 47.8 Å². The molecule has 2 aromatic carbocycles. The van der Waals surface area contributed by atoms with E-state index in [-0.39, 0.29) is 31.7 Å². The number of halogens is 6. The molecule has 31 heavy (non-hydrogen) atoms. The number of hydrogen-bond donors (Lipinski definition) is 0. The standard InChI is InChI=1S/C21H18F6N2O2/c22-20(23,24)15-8-6-14(7-9-15)18(30)28-10-3-11-29(13-12-28)19(31)16-4-1-2-5-17(16)21(25,26)27/h1-2,4-9H,3,10-13H2. The van der Waals surface area contributed by atoms with E-state index >= 15 is 0 Å². The van der Waals surface area contributed by atoms with E-state index in [0.29, 0.717) is 6.42 Å². The molecule has 2 amide bonds. The Hall–Kier alpha value is -3.04. The summed E-state index contributed by atoms with van der Waals surface area (Å²) >= 11 is 0. The second-order valence-corrected chi connectivity index (χ2v) is 7.06. The van der Waals surface area contributed by atoms with Crippen LogP contribution in [0.1, 0.15) is 38.3 Å². The second-order valence-electron chi connectivity index (χ2n) is 7.06. The number of rotatable bonds is 2. The molecule has 0 N–H and O–H groups in total. The highest BCUT2D eigenvalue weighted by molar-refractivity contribution is 5.96. The molecule has 0 bridgehead atoms. The first-order valence-electron chi connectivity index (χ1n) is 9.40. The maximum atomic E-state index is 13.2. The Morgan fingerprint density at radius 2 is 1.23 bits per heavy atom. The molecule has 0 spiro atoms. The molecule has 1 fully saturated rings. The molecule has 0 saturated carbocycles. The fraction of sp³-hybridized carbons (Fsp3) is 0.333. The molecule has 2 aromatic rings. The van der Waals surface area contributed by atoms with Crippen molar-refractivity contribution in [2.75, 3.05) is 26.2 Å². The number of benzene rings is 2. The van der Waals surface area contributed by atoms with Gasteiger partial charge in [-0.25, -0.2) is 0 Å². The van der Waals surface area contributed by atoms with Crippen molar-refractivity contribution in [3.63, 3.8) is 0 Å². The number of alkyl halides is 6. The Balaban J connectivity index is 1.71. The molecule has 166 valence electrons. The third-order valence-corrected chi connectivity index (χ3v) is 4.99. The van der Waals surface area contributed by atoms with Crippen LogP contribution in [0.3, 0.4) is 0 Å². The molecule has 3 rings (SSSR count). The van der Waals surface area contributed by atoms with Gasteiger partial charge in [0.05, 0.1) is 16.7 Å². The normalized spacial score (nSPS) is 15.5. The van der Waals surface area contributed by atoms with Crippen LogP contribution >= 0.6 is 0 Å². The minimum atomic E-state index is -4.68. The predicted octanol–water partition coefficient (Wildman–Crippen LogP) is 4.71. The second kappa shape index (κ2) is 8.60. The molecule has 1 aliphatic heterocycles. The van der Waals surface area contributed by atoms with Gasteiger partial charge in [0, 0.05) is 31.7 Å². The molecule has 0 aliphatic carbocycles. The summed E-state index contributed by atoms with van der Waals surface area (Å²) in [5.41, 5.74) is -2.30. The number of hydrogen-bond acceptors (Lipinski definition) is 2. The summed E-state index contributed by atoms with van der Waals surface area (Å²) in [6.45, 7) is 0.448. The van der Waals surface area contributed by atoms with Gasteiger partial charge in [-0.3, -0.25) is 9.59 Å². The Labute approximate surface area is 174 Å². The number of nitrogens with zero attached hydrogens (tertiary/aromatic N) is 2. The molecule has 0 radical (unpaired) electrons. The van der Waals surface area contributed by atoms with Gasteiger partial charge in [0.25, 0.3) is 11.8 Å². The van der Waals surface area contributed by atoms with Crippen molar-refractivity contribution in [2.45, 2.75) is 18.8 Å². The SMILES string of the molecule is O=C(c1ccc(C(F)(F)F)cc1)N1CCCN(C(=O)c2ccccc2C(F)(F)F)CC1. The molecule has 0 unspecified atom stereocenters. The fourth-order valence-electron chi connectivity index (χ4n) is 3.40. The van der Waals surface area contributed by atoms with Crippen molar-refractivity contribution in [2.24, 2.45) is 0 Å². The molecule has 0 atom stereocenters. The van der Waals surface area contributed by atoms with Crippen LogP contribution in [0.25, 0.3) is 0 Å². The van der Waals surface area contributed by atoms with Crippen molar-refractivity contribution >= 4 is 11.8 Å². The Morgan fingerprint density at radius 1 is 0.677 bits per heavy atom. The minimum Gasteiger partial charge on any atom is -0.337 e. The lowest BCUT2D eigenvalue weighted by molar-refractivity contribution is -0.138. The summed E-state index contributed by atoms with van der Waals surface area (Å²) < 4.78 is 77.7. The van der Waals surface area contributed by atoms with Gasteiger partial charge in [-0.05, 0) is 42.8 Å². The van der Waals surface area contributed by atoms with Gasteiger partial charge in [-0.15, -0.1) is 0 Å². The zero-order chi connectivity index (χ0) is 22.8. The van der Waals surface area contributed by atoms with E-state index in [1.165, 1.54) is 21.9 Å². The van der Waals surface area contributed by atoms with Gasteiger partial charge in [-0.1, -0.05) is 12.1 Å². The maximum Gasteiger partial charge on any atom is 0.417 e. The van der Waals surface area contributed by atoms with E-state index < -0.39 is 40.9 Å². The first-order valence-corrected chi connectivity index (χ1v) is 9.40. The number of amides is 2. The highest BCUT2D eigenvalue weighted by Gasteiger charge is 2.36. The molecule has 1 heterocycles. The van der Waals surface area contributed by atoms with Gasteiger partial charge in [0.2, 0.25) is 0 Å². The number of carbonyl (C=O) groups is 2. The van der Waals surface area contributed by atoms with Crippen molar-refractivity contribution in [3.05, 3.63) is 70.8 Å². The molecule has 0 aromatic heterocycles. The van der Waals surface area contributed by atoms with E-state index in [9.17, 15) is 35.9 Å². The third-order valence-electron chi connectivity index (χ3n) is 4.99. The van der Waals surface area contributed by atoms with Gasteiger partial charge in [0.1, 0.15) is 0 Å². The molecule has 1 aliphatic rings. The zero-order valence-electron chi connectivity index (χ0n) is 16.1. The van der Waals surface area contributed by atoms with Crippen LogP contribution < -0.4 is 0 Å². The lowest BCUT2D eigenvalue weighted by Crippen LogP contribution is -2.38. The zero-order valence-corrected chi connectivity index (χ0v) is 16.1. The quantitative estimate of drug-likeness (QED) is 0.630. The monoisotopic (exact) mass is 444 g/mol. The minimum absolute atomic E-state index is 0.0113. The summed E-state index contributed by atoms with van der Waals surface area (Å²) in [5, 5.41) is 0. The molecular formula is C21H18F6N2O2. The summed E-state index contributed by atoms with van der Waals surface area (Å²) in [4.78, 5) is 28.0. The van der Waals surface area contributed by atoms with E-state index in [1.807, 2.05) is 0 Å². The predicted molar refractivity (Wildman–Crippen MR) is 99.3 cm³/mol. The third kappa shape index (κ3) is 5.18. The summed E-state index contributed by atoms with van der Waals surface area (Å²) in [7, 11) is 0. The molecule has 1 saturated heterocycles. The van der Waals surface area contributed by atoms with E-state index in [0.717, 1.165) is 36.4 Å². The fourth-order valence-corrected chi connectivity index (χ4v) is 3.40. The lowest BCUT2D eigenvalue weighted by atomic mass is 10.1. The van der Waals surface area contributed by atoms with Gasteiger partial charge >= 0.3 is 12.4 Å². The first-order chi connectivity index (χ1) is 14.5. The van der Waals surface area contributed by atoms with Gasteiger partial charge in [0.15, 0.2) is 0 Å². The van der Waals surface area contributed by atoms with Crippen LogP contribution in [0.4, 0.5) is 26.3 Å². The van der Waals surface area contributed by atoms with Gasteiger partial charge in [-0.2, -0.15) is 26.3 Å². The average molecular weight is 444 g/mol. The summed E-state index contributed by atoms with van der Waals surface area (Å²) in [5.74, 6) is -1.28. The summed E-state index contributed by atoms with van der Waals surface area (Å²) in [6, 6.07) is 8.29. The average Bonchev–Trinajstić information content (AvgIpc) is 2.98. The van der Waals surface area contributed by atoms with Crippen LogP contribution in [0.2, 0.25) is 0 Å². The van der Waals surface area contributed by atoms with Crippen LogP contribution in [-0.2, 0) is 12.4 Å². The summed E-state index contributed by atoms with van der Waals surface area (Å²) in [6.07, 6.45) is -8.87. The topological polar surface area (TPSA) is 40.6 Å². The van der Waals surface area contributed by atoms with E-state index in [4.69, 9.17) is 0 Å². The Bertz CT molecular complexity index is 954. The maximum absolute atomic E-state index is 13.2. The Morgan fingerprint density at radius 3 is 1.77 bits per heavy atom. The van der Waals surface area contributed by atoms with Crippen LogP contribution in [0.5, 0.6) is 0 Å². The molecule has 4 nitrogen and oxygen atoms in total. The smallest absolute Gasteiger partial charge is 0.337 e. The highest BCUT2D eigenvalue weighted by Crippen LogP contribution is 2.32.